The van der Waals surface area contributed by atoms with Gasteiger partial charge in [-0.3, -0.25) is 9.88 Å². The lowest BCUT2D eigenvalue weighted by Crippen LogP contribution is -2.39. The fourth-order valence-corrected chi connectivity index (χ4v) is 2.58. The minimum Gasteiger partial charge on any atom is -0.331 e. The average Bonchev–Trinajstić information content (AvgIpc) is 3.12. The molecule has 0 spiro atoms. The molecule has 2 amide bonds. The molecule has 1 aliphatic heterocycles. The lowest BCUT2D eigenvalue weighted by molar-refractivity contribution is -0.137. The summed E-state index contributed by atoms with van der Waals surface area (Å²) in [5.41, 5.74) is 0.553. The zero-order valence-electron chi connectivity index (χ0n) is 13.9. The van der Waals surface area contributed by atoms with Crippen molar-refractivity contribution in [1.82, 2.24) is 15.2 Å². The Labute approximate surface area is 148 Å². The number of hydrogen-bond acceptors (Lipinski definition) is 3. The van der Waals surface area contributed by atoms with Crippen LogP contribution >= 0.6 is 0 Å². The van der Waals surface area contributed by atoms with Gasteiger partial charge in [-0.2, -0.15) is 13.2 Å². The van der Waals surface area contributed by atoms with Crippen LogP contribution in [0.5, 0.6) is 0 Å². The molecule has 0 bridgehead atoms. The molecule has 0 saturated heterocycles. The molecule has 26 heavy (non-hydrogen) atoms. The Morgan fingerprint density at radius 1 is 1.19 bits per heavy atom. The summed E-state index contributed by atoms with van der Waals surface area (Å²) >= 11 is 0. The Morgan fingerprint density at radius 3 is 2.62 bits per heavy atom. The number of halogens is 3. The van der Waals surface area contributed by atoms with Gasteiger partial charge in [-0.25, -0.2) is 4.79 Å². The van der Waals surface area contributed by atoms with E-state index in [2.05, 4.69) is 10.3 Å². The maximum atomic E-state index is 12.8. The van der Waals surface area contributed by atoms with E-state index < -0.39 is 11.7 Å². The number of hydrogen-bond donors (Lipinski definition) is 1. The lowest BCUT2D eigenvalue weighted by atomic mass is 10.1. The summed E-state index contributed by atoms with van der Waals surface area (Å²) in [4.78, 5) is 19.3. The third-order valence-corrected chi connectivity index (χ3v) is 4.04. The van der Waals surface area contributed by atoms with Gasteiger partial charge in [0.1, 0.15) is 6.67 Å². The maximum Gasteiger partial charge on any atom is 0.416 e. The minimum absolute atomic E-state index is 0.135. The number of amides is 2. The van der Waals surface area contributed by atoms with E-state index in [1.54, 1.807) is 41.7 Å². The van der Waals surface area contributed by atoms with Crippen molar-refractivity contribution >= 4 is 11.7 Å². The first-order valence-corrected chi connectivity index (χ1v) is 7.94. The van der Waals surface area contributed by atoms with Crippen LogP contribution in [0.2, 0.25) is 0 Å². The van der Waals surface area contributed by atoms with Crippen LogP contribution in [0.1, 0.15) is 24.1 Å². The first kappa shape index (κ1) is 17.8. The highest BCUT2D eigenvalue weighted by Gasteiger charge is 2.31. The number of carbonyl (C=O) groups is 1. The first-order valence-electron chi connectivity index (χ1n) is 7.94. The van der Waals surface area contributed by atoms with Crippen LogP contribution < -0.4 is 10.2 Å². The van der Waals surface area contributed by atoms with E-state index in [1.165, 1.54) is 17.2 Å². The number of rotatable bonds is 3. The highest BCUT2D eigenvalue weighted by atomic mass is 19.4. The predicted molar refractivity (Wildman–Crippen MR) is 91.0 cm³/mol. The summed E-state index contributed by atoms with van der Waals surface area (Å²) in [5, 5.41) is 2.85. The summed E-state index contributed by atoms with van der Waals surface area (Å²) in [7, 11) is 0. The quantitative estimate of drug-likeness (QED) is 0.893. The molecule has 0 unspecified atom stereocenters. The standard InChI is InChI=1S/C18H17F3N4O/c1-13(14-5-7-22-8-6-14)23-17(26)25-10-9-24(12-25)16-4-2-3-15(11-16)18(19,20)21/h2-11,13H,12H2,1H3,(H,23,26)/t13-/m1/s1. The fraction of sp³-hybridized carbons (Fsp3) is 0.222. The highest BCUT2D eigenvalue weighted by molar-refractivity contribution is 5.77. The van der Waals surface area contributed by atoms with E-state index in [0.717, 1.165) is 17.7 Å². The van der Waals surface area contributed by atoms with E-state index in [9.17, 15) is 18.0 Å². The van der Waals surface area contributed by atoms with Gasteiger partial charge < -0.3 is 10.2 Å². The number of carbonyl (C=O) groups excluding carboxylic acids is 1. The Morgan fingerprint density at radius 2 is 1.92 bits per heavy atom. The summed E-state index contributed by atoms with van der Waals surface area (Å²) in [6.45, 7) is 1.98. The normalized spacial score (nSPS) is 15.2. The van der Waals surface area contributed by atoms with Crippen LogP contribution in [0.15, 0.2) is 61.2 Å². The number of urea groups is 1. The second-order valence-corrected chi connectivity index (χ2v) is 5.88. The molecule has 1 aromatic heterocycles. The zero-order valence-corrected chi connectivity index (χ0v) is 13.9. The van der Waals surface area contributed by atoms with Crippen LogP contribution in [-0.2, 0) is 6.18 Å². The van der Waals surface area contributed by atoms with Gasteiger partial charge in [-0.1, -0.05) is 6.07 Å². The molecule has 8 heteroatoms. The number of aromatic nitrogens is 1. The number of benzene rings is 1. The monoisotopic (exact) mass is 362 g/mol. The topological polar surface area (TPSA) is 48.5 Å². The van der Waals surface area contributed by atoms with Gasteiger partial charge >= 0.3 is 12.2 Å². The Bertz CT molecular complexity index is 808. The van der Waals surface area contributed by atoms with Crippen molar-refractivity contribution in [2.45, 2.75) is 19.1 Å². The number of anilines is 1. The molecule has 0 aliphatic carbocycles. The lowest BCUT2D eigenvalue weighted by Gasteiger charge is -2.23. The molecule has 2 aromatic rings. The number of nitrogens with one attached hydrogen (secondary N) is 1. The largest absolute Gasteiger partial charge is 0.416 e. The molecular formula is C18H17F3N4O. The molecule has 1 aliphatic rings. The average molecular weight is 362 g/mol. The summed E-state index contributed by atoms with van der Waals surface area (Å²) in [5.74, 6) is 0. The van der Waals surface area contributed by atoms with E-state index in [-0.39, 0.29) is 18.7 Å². The molecule has 1 aromatic carbocycles. The molecule has 1 N–H and O–H groups in total. The van der Waals surface area contributed by atoms with Gasteiger partial charge in [0, 0.05) is 30.5 Å². The van der Waals surface area contributed by atoms with E-state index in [4.69, 9.17) is 0 Å². The van der Waals surface area contributed by atoms with Gasteiger partial charge in [-0.15, -0.1) is 0 Å². The SMILES string of the molecule is C[C@@H](NC(=O)N1C=CN(c2cccc(C(F)(F)F)c2)C1)c1ccncc1. The molecule has 0 radical (unpaired) electrons. The smallest absolute Gasteiger partial charge is 0.331 e. The molecule has 5 nitrogen and oxygen atoms in total. The first-order chi connectivity index (χ1) is 12.3. The van der Waals surface area contributed by atoms with E-state index in [0.29, 0.717) is 5.69 Å². The van der Waals surface area contributed by atoms with Gasteiger partial charge in [0.2, 0.25) is 0 Å². The third-order valence-electron chi connectivity index (χ3n) is 4.04. The zero-order chi connectivity index (χ0) is 18.7. The van der Waals surface area contributed by atoms with Crippen molar-refractivity contribution in [2.75, 3.05) is 11.6 Å². The van der Waals surface area contributed by atoms with Crippen LogP contribution in [0.25, 0.3) is 0 Å². The molecule has 0 saturated carbocycles. The summed E-state index contributed by atoms with van der Waals surface area (Å²) in [6.07, 6.45) is 1.99. The van der Waals surface area contributed by atoms with Crippen molar-refractivity contribution < 1.29 is 18.0 Å². The number of pyridine rings is 1. The van der Waals surface area contributed by atoms with Crippen LogP contribution in [0, 0.1) is 0 Å². The molecular weight excluding hydrogens is 345 g/mol. The van der Waals surface area contributed by atoms with Gasteiger partial charge in [0.15, 0.2) is 0 Å². The van der Waals surface area contributed by atoms with E-state index in [1.807, 2.05) is 6.92 Å². The van der Waals surface area contributed by atoms with E-state index >= 15 is 0 Å². The Balaban J connectivity index is 1.64. The maximum absolute atomic E-state index is 12.8. The third kappa shape index (κ3) is 3.96. The number of alkyl halides is 3. The van der Waals surface area contributed by atoms with Gasteiger partial charge in [0.25, 0.3) is 0 Å². The van der Waals surface area contributed by atoms with Crippen molar-refractivity contribution in [3.05, 3.63) is 72.3 Å². The van der Waals surface area contributed by atoms with Gasteiger partial charge in [0.05, 0.1) is 11.6 Å². The number of nitrogens with zero attached hydrogens (tertiary/aromatic N) is 3. The fourth-order valence-electron chi connectivity index (χ4n) is 2.58. The van der Waals surface area contributed by atoms with Crippen LogP contribution in [0.4, 0.5) is 23.7 Å². The Hall–Kier alpha value is -3.03. The molecule has 0 fully saturated rings. The van der Waals surface area contributed by atoms with Gasteiger partial charge in [-0.05, 0) is 42.8 Å². The van der Waals surface area contributed by atoms with Crippen LogP contribution in [-0.4, -0.2) is 22.6 Å². The second-order valence-electron chi connectivity index (χ2n) is 5.88. The Kier molecular flexibility index (Phi) is 4.83. The van der Waals surface area contributed by atoms with Crippen molar-refractivity contribution in [2.24, 2.45) is 0 Å². The highest BCUT2D eigenvalue weighted by Crippen LogP contribution is 2.32. The van der Waals surface area contributed by atoms with Crippen molar-refractivity contribution in [3.8, 4) is 0 Å². The molecule has 2 heterocycles. The van der Waals surface area contributed by atoms with Crippen molar-refractivity contribution in [3.63, 3.8) is 0 Å². The van der Waals surface area contributed by atoms with Crippen molar-refractivity contribution in [1.29, 1.82) is 0 Å². The molecule has 3 rings (SSSR count). The summed E-state index contributed by atoms with van der Waals surface area (Å²) in [6, 6.07) is 8.05. The molecule has 136 valence electrons. The summed E-state index contributed by atoms with van der Waals surface area (Å²) < 4.78 is 38.5. The van der Waals surface area contributed by atoms with Crippen LogP contribution in [0.3, 0.4) is 0 Å². The second kappa shape index (κ2) is 7.07. The molecule has 1 atom stereocenters. The minimum atomic E-state index is -4.41. The predicted octanol–water partition coefficient (Wildman–Crippen LogP) is 4.12.